The molecule has 2 heterocycles. The zero-order valence-corrected chi connectivity index (χ0v) is 16.3. The van der Waals surface area contributed by atoms with E-state index >= 15 is 0 Å². The minimum Gasteiger partial charge on any atom is -0.401 e. The van der Waals surface area contributed by atoms with Crippen LogP contribution in [0, 0.1) is 6.92 Å². The largest absolute Gasteiger partial charge is 0.401 e. The van der Waals surface area contributed by atoms with Crippen LogP contribution in [-0.2, 0) is 6.54 Å². The predicted molar refractivity (Wildman–Crippen MR) is 108 cm³/mol. The van der Waals surface area contributed by atoms with Gasteiger partial charge in [-0.1, -0.05) is 23.2 Å². The first kappa shape index (κ1) is 19.0. The molecule has 0 aliphatic rings. The van der Waals surface area contributed by atoms with Crippen LogP contribution in [0.15, 0.2) is 41.9 Å². The number of carbonyl (C=O) groups excluding carboxylic acids is 1. The van der Waals surface area contributed by atoms with E-state index in [1.807, 2.05) is 0 Å². The summed E-state index contributed by atoms with van der Waals surface area (Å²) < 4.78 is 1.61. The quantitative estimate of drug-likeness (QED) is 0.616. The lowest BCUT2D eigenvalue weighted by Crippen LogP contribution is -2.15. The number of hydrogen-bond donors (Lipinski definition) is 3. The number of nitrogens with one attached hydrogen (secondary N) is 1. The Labute approximate surface area is 165 Å². The summed E-state index contributed by atoms with van der Waals surface area (Å²) in [7, 11) is 0. The van der Waals surface area contributed by atoms with Crippen LogP contribution in [-0.4, -0.2) is 20.7 Å². The molecule has 9 heteroatoms. The van der Waals surface area contributed by atoms with E-state index in [1.165, 1.54) is 6.20 Å². The Morgan fingerprint density at radius 1 is 1.22 bits per heavy atom. The number of carbonyl (C=O) groups is 1. The number of benzene rings is 1. The number of aryl methyl sites for hydroxylation is 1. The molecule has 7 nitrogen and oxygen atoms in total. The van der Waals surface area contributed by atoms with Crippen LogP contribution in [0.25, 0.3) is 11.0 Å². The van der Waals surface area contributed by atoms with Gasteiger partial charge in [0.15, 0.2) is 5.65 Å². The molecular weight excluding hydrogens is 387 g/mol. The lowest BCUT2D eigenvalue weighted by atomic mass is 10.2. The van der Waals surface area contributed by atoms with E-state index in [9.17, 15) is 4.79 Å². The molecule has 5 N–H and O–H groups in total. The Morgan fingerprint density at radius 3 is 2.52 bits per heavy atom. The van der Waals surface area contributed by atoms with Crippen molar-refractivity contribution < 1.29 is 4.79 Å². The molecule has 0 fully saturated rings. The fraction of sp³-hybridized carbons (Fsp3) is 0.167. The van der Waals surface area contributed by atoms with Gasteiger partial charge in [-0.05, 0) is 38.1 Å². The molecule has 2 aromatic heterocycles. The number of aromatic nitrogens is 3. The van der Waals surface area contributed by atoms with Gasteiger partial charge in [-0.3, -0.25) is 4.79 Å². The second-order valence-corrected chi connectivity index (χ2v) is 6.91. The van der Waals surface area contributed by atoms with Gasteiger partial charge in [0, 0.05) is 28.3 Å². The van der Waals surface area contributed by atoms with Crippen LogP contribution in [0.4, 0.5) is 5.69 Å². The van der Waals surface area contributed by atoms with Crippen LogP contribution >= 0.6 is 23.2 Å². The number of allylic oxidation sites excluding steroid dienone is 2. The minimum absolute atomic E-state index is 0.250. The molecule has 0 saturated heterocycles. The van der Waals surface area contributed by atoms with E-state index in [2.05, 4.69) is 15.4 Å². The average Bonchev–Trinajstić information content (AvgIpc) is 2.93. The van der Waals surface area contributed by atoms with Crippen molar-refractivity contribution in [3.63, 3.8) is 0 Å². The van der Waals surface area contributed by atoms with Crippen molar-refractivity contribution in [1.82, 2.24) is 14.8 Å². The van der Waals surface area contributed by atoms with Crippen LogP contribution in [0.1, 0.15) is 23.0 Å². The summed E-state index contributed by atoms with van der Waals surface area (Å²) in [6, 6.07) is 6.78. The maximum atomic E-state index is 12.6. The lowest BCUT2D eigenvalue weighted by Gasteiger charge is -2.08. The predicted octanol–water partition coefficient (Wildman–Crippen LogP) is 3.45. The summed E-state index contributed by atoms with van der Waals surface area (Å²) in [6.45, 7) is 3.79. The van der Waals surface area contributed by atoms with Gasteiger partial charge in [0.1, 0.15) is 0 Å². The van der Waals surface area contributed by atoms with Crippen molar-refractivity contribution in [2.45, 2.75) is 20.4 Å². The topological polar surface area (TPSA) is 112 Å². The first-order valence-electron chi connectivity index (χ1n) is 8.07. The summed E-state index contributed by atoms with van der Waals surface area (Å²) in [6.07, 6.45) is 1.42. The zero-order chi connectivity index (χ0) is 19.7. The van der Waals surface area contributed by atoms with Gasteiger partial charge in [0.05, 0.1) is 28.2 Å². The molecule has 3 rings (SSSR count). The molecule has 0 aliphatic heterocycles. The van der Waals surface area contributed by atoms with E-state index in [0.717, 1.165) is 0 Å². The normalized spacial score (nSPS) is 12.1. The number of halogens is 2. The summed E-state index contributed by atoms with van der Waals surface area (Å²) in [4.78, 5) is 17.0. The number of pyridine rings is 1. The molecule has 0 bridgehead atoms. The van der Waals surface area contributed by atoms with Crippen molar-refractivity contribution in [3.05, 3.63) is 63.2 Å². The van der Waals surface area contributed by atoms with E-state index < -0.39 is 0 Å². The Morgan fingerprint density at radius 2 is 1.89 bits per heavy atom. The molecule has 140 valence electrons. The molecule has 0 radical (unpaired) electrons. The van der Waals surface area contributed by atoms with Crippen molar-refractivity contribution in [2.75, 3.05) is 5.32 Å². The van der Waals surface area contributed by atoms with Crippen LogP contribution in [0.2, 0.25) is 10.0 Å². The average molecular weight is 405 g/mol. The first-order chi connectivity index (χ1) is 12.8. The highest BCUT2D eigenvalue weighted by Gasteiger charge is 2.19. The number of hydrogen-bond acceptors (Lipinski definition) is 5. The molecule has 1 amide bonds. The third-order valence-electron chi connectivity index (χ3n) is 4.05. The highest BCUT2D eigenvalue weighted by molar-refractivity contribution is 6.39. The number of rotatable bonds is 4. The van der Waals surface area contributed by atoms with E-state index in [0.29, 0.717) is 38.8 Å². The summed E-state index contributed by atoms with van der Waals surface area (Å²) in [5.41, 5.74) is 14.7. The van der Waals surface area contributed by atoms with Gasteiger partial charge in [0.2, 0.25) is 0 Å². The summed E-state index contributed by atoms with van der Waals surface area (Å²) >= 11 is 12.4. The fourth-order valence-corrected chi connectivity index (χ4v) is 3.04. The van der Waals surface area contributed by atoms with Gasteiger partial charge in [0.25, 0.3) is 5.91 Å². The molecule has 0 unspecified atom stereocenters. The van der Waals surface area contributed by atoms with Crippen LogP contribution in [0.5, 0.6) is 0 Å². The molecule has 1 aromatic carbocycles. The fourth-order valence-electron chi connectivity index (χ4n) is 2.56. The maximum absolute atomic E-state index is 12.6. The van der Waals surface area contributed by atoms with E-state index in [1.54, 1.807) is 42.8 Å². The number of anilines is 1. The van der Waals surface area contributed by atoms with Crippen LogP contribution in [0.3, 0.4) is 0 Å². The van der Waals surface area contributed by atoms with Gasteiger partial charge in [-0.25, -0.2) is 9.67 Å². The summed E-state index contributed by atoms with van der Waals surface area (Å²) in [5, 5.41) is 8.65. The minimum atomic E-state index is -0.374. The first-order valence-corrected chi connectivity index (χ1v) is 8.82. The highest BCUT2D eigenvalue weighted by Crippen LogP contribution is 2.29. The lowest BCUT2D eigenvalue weighted by molar-refractivity contribution is 0.102. The molecule has 3 aromatic rings. The number of nitrogens with two attached hydrogens (primary N) is 2. The van der Waals surface area contributed by atoms with Crippen molar-refractivity contribution in [2.24, 2.45) is 11.5 Å². The smallest absolute Gasteiger partial charge is 0.258 e. The van der Waals surface area contributed by atoms with Gasteiger partial charge < -0.3 is 16.8 Å². The Balaban J connectivity index is 1.97. The molecule has 0 saturated carbocycles. The van der Waals surface area contributed by atoms with Crippen LogP contribution < -0.4 is 16.8 Å². The molecular formula is C18H18Cl2N6O. The Kier molecular flexibility index (Phi) is 5.25. The van der Waals surface area contributed by atoms with Crippen molar-refractivity contribution in [1.29, 1.82) is 0 Å². The molecule has 0 spiro atoms. The molecule has 0 aliphatic carbocycles. The number of amides is 1. The number of fused-ring (bicyclic) bond motifs is 1. The third-order valence-corrected chi connectivity index (χ3v) is 4.69. The van der Waals surface area contributed by atoms with Crippen molar-refractivity contribution >= 4 is 45.8 Å². The zero-order valence-electron chi connectivity index (χ0n) is 14.8. The third kappa shape index (κ3) is 3.84. The maximum Gasteiger partial charge on any atom is 0.258 e. The van der Waals surface area contributed by atoms with E-state index in [4.69, 9.17) is 34.7 Å². The van der Waals surface area contributed by atoms with Gasteiger partial charge in [-0.15, -0.1) is 0 Å². The standard InChI is InChI=1S/C18H18Cl2N6O/c1-9(21)14(22)8-26-17-15(10(2)25-26)16(20)13(7-23-17)18(27)24-12-5-3-11(19)4-6-12/h3-7H,8,21-22H2,1-2H3,(H,24,27)/b14-9-. The molecule has 27 heavy (non-hydrogen) atoms. The van der Waals surface area contributed by atoms with E-state index in [-0.39, 0.29) is 23.0 Å². The second-order valence-electron chi connectivity index (χ2n) is 6.10. The second kappa shape index (κ2) is 7.46. The SMILES string of the molecule is C/C(N)=C(/N)Cn1nc(C)c2c(Cl)c(C(=O)Nc3ccc(Cl)cc3)cnc21. The Bertz CT molecular complexity index is 1050. The Hall–Kier alpha value is -2.77. The summed E-state index contributed by atoms with van der Waals surface area (Å²) in [5.74, 6) is -0.374. The monoisotopic (exact) mass is 404 g/mol. The highest BCUT2D eigenvalue weighted by atomic mass is 35.5. The van der Waals surface area contributed by atoms with Gasteiger partial charge in [-0.2, -0.15) is 5.10 Å². The molecule has 0 atom stereocenters. The van der Waals surface area contributed by atoms with Crippen molar-refractivity contribution in [3.8, 4) is 0 Å². The van der Waals surface area contributed by atoms with Gasteiger partial charge >= 0.3 is 0 Å². The number of nitrogens with zero attached hydrogens (tertiary/aromatic N) is 3.